The third kappa shape index (κ3) is 3.61. The molecule has 17 heavy (non-hydrogen) atoms. The molecule has 0 bridgehead atoms. The molecule has 0 aliphatic heterocycles. The van der Waals surface area contributed by atoms with Crippen LogP contribution in [-0.4, -0.2) is 24.8 Å². The standard InChI is InChI=1S/C14H18N2O/c1-3-13-5-6-14(11-12(13)2)16(9-10-17)8-4-7-15/h3,5-6,11,17H,1,4,8-10H2,2H3. The number of hydrogen-bond donors (Lipinski definition) is 1. The number of aliphatic hydroxyl groups is 1. The van der Waals surface area contributed by atoms with Crippen molar-refractivity contribution in [3.8, 4) is 6.07 Å². The van der Waals surface area contributed by atoms with Crippen LogP contribution >= 0.6 is 0 Å². The lowest BCUT2D eigenvalue weighted by atomic mass is 10.1. The molecular weight excluding hydrogens is 212 g/mol. The normalized spacial score (nSPS) is 9.71. The molecular formula is C14H18N2O. The summed E-state index contributed by atoms with van der Waals surface area (Å²) >= 11 is 0. The maximum Gasteiger partial charge on any atom is 0.0640 e. The average Bonchev–Trinajstić information content (AvgIpc) is 2.34. The number of hydrogen-bond acceptors (Lipinski definition) is 3. The van der Waals surface area contributed by atoms with E-state index in [0.29, 0.717) is 19.5 Å². The Balaban J connectivity index is 2.90. The number of aliphatic hydroxyl groups excluding tert-OH is 1. The molecule has 0 heterocycles. The molecule has 3 heteroatoms. The summed E-state index contributed by atoms with van der Waals surface area (Å²) in [5.41, 5.74) is 3.30. The molecule has 0 saturated carbocycles. The van der Waals surface area contributed by atoms with Crippen LogP contribution in [0, 0.1) is 18.3 Å². The van der Waals surface area contributed by atoms with Crippen LogP contribution in [0.3, 0.4) is 0 Å². The van der Waals surface area contributed by atoms with Gasteiger partial charge >= 0.3 is 0 Å². The molecule has 0 amide bonds. The lowest BCUT2D eigenvalue weighted by Gasteiger charge is -2.23. The zero-order valence-corrected chi connectivity index (χ0v) is 10.2. The Kier molecular flexibility index (Phi) is 5.25. The molecule has 1 aromatic rings. The van der Waals surface area contributed by atoms with Crippen molar-refractivity contribution >= 4 is 11.8 Å². The summed E-state index contributed by atoms with van der Waals surface area (Å²) in [6, 6.07) is 8.19. The van der Waals surface area contributed by atoms with Crippen LogP contribution < -0.4 is 4.90 Å². The minimum Gasteiger partial charge on any atom is -0.395 e. The lowest BCUT2D eigenvalue weighted by Crippen LogP contribution is -2.27. The SMILES string of the molecule is C=Cc1ccc(N(CCO)CCC#N)cc1C. The molecule has 1 rings (SSSR count). The molecule has 0 unspecified atom stereocenters. The lowest BCUT2D eigenvalue weighted by molar-refractivity contribution is 0.302. The first-order valence-corrected chi connectivity index (χ1v) is 5.68. The number of nitriles is 1. The molecule has 0 fully saturated rings. The fraction of sp³-hybridized carbons (Fsp3) is 0.357. The van der Waals surface area contributed by atoms with Crippen molar-refractivity contribution < 1.29 is 5.11 Å². The van der Waals surface area contributed by atoms with Crippen molar-refractivity contribution in [3.05, 3.63) is 35.9 Å². The highest BCUT2D eigenvalue weighted by Gasteiger charge is 2.06. The molecule has 0 atom stereocenters. The topological polar surface area (TPSA) is 47.3 Å². The van der Waals surface area contributed by atoms with Gasteiger partial charge in [0.1, 0.15) is 0 Å². The van der Waals surface area contributed by atoms with Gasteiger partial charge in [-0.1, -0.05) is 18.7 Å². The van der Waals surface area contributed by atoms with E-state index in [-0.39, 0.29) is 6.61 Å². The first-order chi connectivity index (χ1) is 8.22. The minimum absolute atomic E-state index is 0.0910. The quantitative estimate of drug-likeness (QED) is 0.816. The van der Waals surface area contributed by atoms with Crippen LogP contribution in [0.15, 0.2) is 24.8 Å². The molecule has 90 valence electrons. The van der Waals surface area contributed by atoms with E-state index < -0.39 is 0 Å². The van der Waals surface area contributed by atoms with Gasteiger partial charge in [-0.3, -0.25) is 0 Å². The third-order valence-electron chi connectivity index (χ3n) is 2.70. The maximum atomic E-state index is 9.03. The number of nitrogens with zero attached hydrogens (tertiary/aromatic N) is 2. The summed E-state index contributed by atoms with van der Waals surface area (Å²) in [6.07, 6.45) is 2.28. The Morgan fingerprint density at radius 1 is 1.47 bits per heavy atom. The average molecular weight is 230 g/mol. The van der Waals surface area contributed by atoms with Gasteiger partial charge in [-0.2, -0.15) is 5.26 Å². The zero-order chi connectivity index (χ0) is 12.7. The number of anilines is 1. The van der Waals surface area contributed by atoms with Gasteiger partial charge in [0.15, 0.2) is 0 Å². The summed E-state index contributed by atoms with van der Waals surface area (Å²) in [5.74, 6) is 0. The molecule has 0 aliphatic rings. The van der Waals surface area contributed by atoms with Crippen LogP contribution in [0.4, 0.5) is 5.69 Å². The second-order valence-corrected chi connectivity index (χ2v) is 3.86. The van der Waals surface area contributed by atoms with Crippen molar-refractivity contribution in [2.24, 2.45) is 0 Å². The fourth-order valence-corrected chi connectivity index (χ4v) is 1.76. The molecule has 0 aliphatic carbocycles. The number of aryl methyl sites for hydroxylation is 1. The number of rotatable bonds is 6. The Bertz CT molecular complexity index is 421. The minimum atomic E-state index is 0.0910. The van der Waals surface area contributed by atoms with Gasteiger partial charge in [-0.05, 0) is 30.2 Å². The van der Waals surface area contributed by atoms with Gasteiger partial charge in [0.05, 0.1) is 19.1 Å². The highest BCUT2D eigenvalue weighted by atomic mass is 16.3. The van der Waals surface area contributed by atoms with Crippen molar-refractivity contribution in [2.45, 2.75) is 13.3 Å². The van der Waals surface area contributed by atoms with Crippen molar-refractivity contribution in [1.29, 1.82) is 5.26 Å². The summed E-state index contributed by atoms with van der Waals surface area (Å²) < 4.78 is 0. The molecule has 0 spiro atoms. The van der Waals surface area contributed by atoms with Crippen LogP contribution in [0.1, 0.15) is 17.5 Å². The Hall–Kier alpha value is -1.79. The molecule has 0 saturated heterocycles. The van der Waals surface area contributed by atoms with Crippen LogP contribution in [0.5, 0.6) is 0 Å². The number of benzene rings is 1. The molecule has 1 N–H and O–H groups in total. The van der Waals surface area contributed by atoms with Gasteiger partial charge in [0, 0.05) is 18.8 Å². The summed E-state index contributed by atoms with van der Waals surface area (Å²) in [6.45, 7) is 7.07. The van der Waals surface area contributed by atoms with E-state index in [2.05, 4.69) is 18.7 Å². The fourth-order valence-electron chi connectivity index (χ4n) is 1.76. The Labute approximate surface area is 103 Å². The van der Waals surface area contributed by atoms with E-state index in [0.717, 1.165) is 16.8 Å². The second-order valence-electron chi connectivity index (χ2n) is 3.86. The molecule has 0 radical (unpaired) electrons. The van der Waals surface area contributed by atoms with Gasteiger partial charge in [-0.25, -0.2) is 0 Å². The van der Waals surface area contributed by atoms with E-state index in [1.54, 1.807) is 0 Å². The van der Waals surface area contributed by atoms with Gasteiger partial charge in [0.25, 0.3) is 0 Å². The van der Waals surface area contributed by atoms with E-state index in [1.165, 1.54) is 0 Å². The van der Waals surface area contributed by atoms with Gasteiger partial charge in [-0.15, -0.1) is 0 Å². The second kappa shape index (κ2) is 6.72. The smallest absolute Gasteiger partial charge is 0.0640 e. The maximum absolute atomic E-state index is 9.03. The summed E-state index contributed by atoms with van der Waals surface area (Å²) in [7, 11) is 0. The molecule has 1 aromatic carbocycles. The Morgan fingerprint density at radius 3 is 2.76 bits per heavy atom. The third-order valence-corrected chi connectivity index (χ3v) is 2.70. The van der Waals surface area contributed by atoms with Crippen LogP contribution in [0.25, 0.3) is 6.08 Å². The monoisotopic (exact) mass is 230 g/mol. The first kappa shape index (κ1) is 13.3. The molecule has 3 nitrogen and oxygen atoms in total. The van der Waals surface area contributed by atoms with E-state index in [4.69, 9.17) is 10.4 Å². The first-order valence-electron chi connectivity index (χ1n) is 5.68. The van der Waals surface area contributed by atoms with Crippen LogP contribution in [0.2, 0.25) is 0 Å². The van der Waals surface area contributed by atoms with Gasteiger partial charge < -0.3 is 10.0 Å². The van der Waals surface area contributed by atoms with E-state index >= 15 is 0 Å². The van der Waals surface area contributed by atoms with E-state index in [1.807, 2.05) is 30.0 Å². The summed E-state index contributed by atoms with van der Waals surface area (Å²) in [4.78, 5) is 2.02. The van der Waals surface area contributed by atoms with Crippen LogP contribution in [-0.2, 0) is 0 Å². The van der Waals surface area contributed by atoms with Crippen molar-refractivity contribution in [1.82, 2.24) is 0 Å². The molecule has 0 aromatic heterocycles. The Morgan fingerprint density at radius 2 is 2.24 bits per heavy atom. The highest BCUT2D eigenvalue weighted by molar-refractivity contribution is 5.59. The largest absolute Gasteiger partial charge is 0.395 e. The highest BCUT2D eigenvalue weighted by Crippen LogP contribution is 2.20. The van der Waals surface area contributed by atoms with Crippen molar-refractivity contribution in [2.75, 3.05) is 24.6 Å². The predicted molar refractivity (Wildman–Crippen MR) is 70.8 cm³/mol. The predicted octanol–water partition coefficient (Wildman–Crippen LogP) is 2.35. The van der Waals surface area contributed by atoms with E-state index in [9.17, 15) is 0 Å². The zero-order valence-electron chi connectivity index (χ0n) is 10.2. The van der Waals surface area contributed by atoms with Crippen molar-refractivity contribution in [3.63, 3.8) is 0 Å². The van der Waals surface area contributed by atoms with Gasteiger partial charge in [0.2, 0.25) is 0 Å². The summed E-state index contributed by atoms with van der Waals surface area (Å²) in [5, 5.41) is 17.6.